The van der Waals surface area contributed by atoms with E-state index in [2.05, 4.69) is 27.7 Å². The maximum Gasteiger partial charge on any atom is 0.306 e. The van der Waals surface area contributed by atoms with Gasteiger partial charge in [-0.25, -0.2) is 0 Å². The fourth-order valence-corrected chi connectivity index (χ4v) is 7.33. The van der Waals surface area contributed by atoms with Crippen molar-refractivity contribution in [1.29, 1.82) is 0 Å². The number of hydrogen-bond acceptors (Lipinski definition) is 6. The average Bonchev–Trinajstić information content (AvgIpc) is 3.17. The summed E-state index contributed by atoms with van der Waals surface area (Å²) in [5, 5.41) is 0. The third-order valence-corrected chi connectivity index (χ3v) is 11.0. The minimum absolute atomic E-state index is 0.0635. The van der Waals surface area contributed by atoms with Crippen LogP contribution in [0.25, 0.3) is 0 Å². The van der Waals surface area contributed by atoms with Crippen molar-refractivity contribution in [3.63, 3.8) is 0 Å². The van der Waals surface area contributed by atoms with Crippen LogP contribution in [0.5, 0.6) is 0 Å². The van der Waals surface area contributed by atoms with Gasteiger partial charge in [0.25, 0.3) is 0 Å². The van der Waals surface area contributed by atoms with Crippen molar-refractivity contribution in [1.82, 2.24) is 0 Å². The maximum absolute atomic E-state index is 12.7. The monoisotopic (exact) mass is 779 g/mol. The molecule has 0 unspecified atom stereocenters. The van der Waals surface area contributed by atoms with Crippen LogP contribution in [0.15, 0.2) is 0 Å². The molecule has 0 aliphatic heterocycles. The second-order valence-electron chi connectivity index (χ2n) is 17.2. The molecule has 0 rings (SSSR count). The van der Waals surface area contributed by atoms with E-state index in [1.807, 2.05) is 0 Å². The predicted molar refractivity (Wildman–Crippen MR) is 233 cm³/mol. The topological polar surface area (TPSA) is 78.9 Å². The van der Waals surface area contributed by atoms with Crippen LogP contribution in [-0.2, 0) is 28.6 Å². The van der Waals surface area contributed by atoms with Crippen molar-refractivity contribution < 1.29 is 28.6 Å². The average molecular weight is 779 g/mol. The molecule has 0 fully saturated rings. The molecule has 55 heavy (non-hydrogen) atoms. The standard InChI is InChI=1S/C49H94O6/c1-5-7-9-11-13-15-17-19-20-22-24-30-34-38-42-49(52)55-46(44-54-48(51)41-37-33-29-26-25-27-31-35-39-45(3)4)43-53-47(50)40-36-32-28-23-21-18-16-14-12-10-8-6-2/h45-46H,5-44H2,1-4H3/t46-/m0/s1. The van der Waals surface area contributed by atoms with E-state index in [1.54, 1.807) is 0 Å². The highest BCUT2D eigenvalue weighted by Gasteiger charge is 2.19. The zero-order chi connectivity index (χ0) is 40.3. The Hall–Kier alpha value is -1.59. The highest BCUT2D eigenvalue weighted by atomic mass is 16.6. The molecule has 0 aliphatic rings. The predicted octanol–water partition coefficient (Wildman–Crippen LogP) is 15.5. The highest BCUT2D eigenvalue weighted by Crippen LogP contribution is 2.16. The van der Waals surface area contributed by atoms with Gasteiger partial charge in [-0.2, -0.15) is 0 Å². The van der Waals surface area contributed by atoms with Crippen LogP contribution in [0.1, 0.15) is 272 Å². The quantitative estimate of drug-likeness (QED) is 0.0348. The first kappa shape index (κ1) is 53.4. The Labute approximate surface area is 342 Å². The molecule has 1 atom stereocenters. The van der Waals surface area contributed by atoms with Crippen molar-refractivity contribution in [3.8, 4) is 0 Å². The van der Waals surface area contributed by atoms with E-state index in [9.17, 15) is 14.4 Å². The molecular formula is C49H94O6. The maximum atomic E-state index is 12.7. The first-order valence-electron chi connectivity index (χ1n) is 24.4. The minimum atomic E-state index is -0.760. The fourth-order valence-electron chi connectivity index (χ4n) is 7.33. The molecule has 0 amide bonds. The van der Waals surface area contributed by atoms with Crippen LogP contribution in [-0.4, -0.2) is 37.2 Å². The number of unbranched alkanes of at least 4 members (excludes halogenated alkanes) is 31. The van der Waals surface area contributed by atoms with Crippen molar-refractivity contribution >= 4 is 17.9 Å². The Kier molecular flexibility index (Phi) is 42.3. The van der Waals surface area contributed by atoms with Crippen LogP contribution in [0, 0.1) is 5.92 Å². The minimum Gasteiger partial charge on any atom is -0.462 e. The zero-order valence-electron chi connectivity index (χ0n) is 37.4. The summed E-state index contributed by atoms with van der Waals surface area (Å²) in [7, 11) is 0. The number of ether oxygens (including phenoxy) is 3. The zero-order valence-corrected chi connectivity index (χ0v) is 37.4. The van der Waals surface area contributed by atoms with Crippen LogP contribution < -0.4 is 0 Å². The largest absolute Gasteiger partial charge is 0.462 e. The molecule has 0 spiro atoms. The van der Waals surface area contributed by atoms with Crippen molar-refractivity contribution in [2.24, 2.45) is 5.92 Å². The van der Waals surface area contributed by atoms with Gasteiger partial charge in [-0.05, 0) is 25.2 Å². The van der Waals surface area contributed by atoms with Crippen molar-refractivity contribution in [2.75, 3.05) is 13.2 Å². The molecule has 326 valence electrons. The third kappa shape index (κ3) is 43.4. The van der Waals surface area contributed by atoms with Gasteiger partial charge in [-0.3, -0.25) is 14.4 Å². The first-order chi connectivity index (χ1) is 26.9. The molecule has 0 N–H and O–H groups in total. The van der Waals surface area contributed by atoms with Gasteiger partial charge < -0.3 is 14.2 Å². The fraction of sp³-hybridized carbons (Fsp3) is 0.939. The molecule has 0 heterocycles. The Balaban J connectivity index is 4.32. The summed E-state index contributed by atoms with van der Waals surface area (Å²) < 4.78 is 16.8. The first-order valence-corrected chi connectivity index (χ1v) is 24.4. The van der Waals surface area contributed by atoms with E-state index >= 15 is 0 Å². The van der Waals surface area contributed by atoms with E-state index in [1.165, 1.54) is 167 Å². The Morgan fingerprint density at radius 1 is 0.345 bits per heavy atom. The summed E-state index contributed by atoms with van der Waals surface area (Å²) in [6, 6.07) is 0. The number of esters is 3. The molecule has 0 aromatic rings. The lowest BCUT2D eigenvalue weighted by molar-refractivity contribution is -0.167. The molecule has 0 saturated heterocycles. The molecule has 0 bridgehead atoms. The molecule has 0 aliphatic carbocycles. The van der Waals surface area contributed by atoms with Gasteiger partial charge in [0.05, 0.1) is 0 Å². The van der Waals surface area contributed by atoms with Gasteiger partial charge >= 0.3 is 17.9 Å². The van der Waals surface area contributed by atoms with Crippen LogP contribution in [0.4, 0.5) is 0 Å². The Morgan fingerprint density at radius 3 is 0.891 bits per heavy atom. The van der Waals surface area contributed by atoms with Crippen molar-refractivity contribution in [2.45, 2.75) is 278 Å². The molecular weight excluding hydrogens is 685 g/mol. The molecule has 0 saturated carbocycles. The lowest BCUT2D eigenvalue weighted by Gasteiger charge is -2.18. The van der Waals surface area contributed by atoms with E-state index in [0.29, 0.717) is 19.3 Å². The molecule has 6 heteroatoms. The van der Waals surface area contributed by atoms with E-state index in [-0.39, 0.29) is 31.1 Å². The van der Waals surface area contributed by atoms with Gasteiger partial charge in [0.2, 0.25) is 0 Å². The lowest BCUT2D eigenvalue weighted by atomic mass is 10.0. The smallest absolute Gasteiger partial charge is 0.306 e. The summed E-state index contributed by atoms with van der Waals surface area (Å²) >= 11 is 0. The molecule has 6 nitrogen and oxygen atoms in total. The van der Waals surface area contributed by atoms with E-state index < -0.39 is 6.10 Å². The Morgan fingerprint density at radius 2 is 0.600 bits per heavy atom. The summed E-state index contributed by atoms with van der Waals surface area (Å²) in [6.45, 7) is 8.98. The second-order valence-corrected chi connectivity index (χ2v) is 17.2. The molecule has 0 radical (unpaired) electrons. The van der Waals surface area contributed by atoms with Crippen LogP contribution in [0.3, 0.4) is 0 Å². The second kappa shape index (κ2) is 43.5. The van der Waals surface area contributed by atoms with Gasteiger partial charge in [0.1, 0.15) is 13.2 Å². The molecule has 0 aromatic carbocycles. The van der Waals surface area contributed by atoms with Gasteiger partial charge in [-0.1, -0.05) is 233 Å². The summed E-state index contributed by atoms with van der Waals surface area (Å²) in [4.78, 5) is 37.8. The van der Waals surface area contributed by atoms with Gasteiger partial charge in [0, 0.05) is 19.3 Å². The van der Waals surface area contributed by atoms with E-state index in [0.717, 1.165) is 63.7 Å². The van der Waals surface area contributed by atoms with Crippen molar-refractivity contribution in [3.05, 3.63) is 0 Å². The summed E-state index contributed by atoms with van der Waals surface area (Å²) in [5.41, 5.74) is 0. The van der Waals surface area contributed by atoms with E-state index in [4.69, 9.17) is 14.2 Å². The normalized spacial score (nSPS) is 11.9. The Bertz CT molecular complexity index is 826. The van der Waals surface area contributed by atoms with Gasteiger partial charge in [0.15, 0.2) is 6.10 Å². The number of carbonyl (C=O) groups is 3. The lowest BCUT2D eigenvalue weighted by Crippen LogP contribution is -2.30. The van der Waals surface area contributed by atoms with Crippen LogP contribution in [0.2, 0.25) is 0 Å². The number of rotatable bonds is 44. The van der Waals surface area contributed by atoms with Crippen LogP contribution >= 0.6 is 0 Å². The summed E-state index contributed by atoms with van der Waals surface area (Å²) in [6.07, 6.45) is 43.7. The SMILES string of the molecule is CCCCCCCCCCCCCCCCC(=O)O[C@@H](COC(=O)CCCCCCCCCCCCCC)COC(=O)CCCCCCCCCCC(C)C. The van der Waals surface area contributed by atoms with Gasteiger partial charge in [-0.15, -0.1) is 0 Å². The molecule has 0 aromatic heterocycles. The third-order valence-electron chi connectivity index (χ3n) is 11.0. The summed E-state index contributed by atoms with van der Waals surface area (Å²) in [5.74, 6) is -0.0538. The number of hydrogen-bond donors (Lipinski definition) is 0. The highest BCUT2D eigenvalue weighted by molar-refractivity contribution is 5.71. The number of carbonyl (C=O) groups excluding carboxylic acids is 3.